The van der Waals surface area contributed by atoms with E-state index in [2.05, 4.69) is 0 Å². The average molecular weight is 495 g/mol. The standard InChI is InChI=1S/C26H32F2O7/c1-13(29)33-12-20(32)26-21(34-22(2,3)35-26)10-15-16-9-18(27)17-8-14(30)6-7-23(17,4)25(16,28)19(31)11-24(15,26)5/h6-8,15-16,18-19,21,31H,9-12H2,1-5H3/t15-,16-,18-,19-,21?,23-,24-,25-,26+/m0/s1. The fraction of sp³-hybridized carbons (Fsp3) is 0.731. The molecule has 7 nitrogen and oxygen atoms in total. The van der Waals surface area contributed by atoms with Gasteiger partial charge in [-0.15, -0.1) is 0 Å². The van der Waals surface area contributed by atoms with Crippen molar-refractivity contribution in [2.45, 2.75) is 89.3 Å². The number of allylic oxidation sites excluding steroid dienone is 4. The Labute approximate surface area is 202 Å². The van der Waals surface area contributed by atoms with E-state index in [0.717, 1.165) is 6.08 Å². The molecule has 1 unspecified atom stereocenters. The number of ether oxygens (including phenoxy) is 3. The number of aliphatic hydroxyl groups excluding tert-OH is 1. The first-order valence-corrected chi connectivity index (χ1v) is 12.1. The molecule has 35 heavy (non-hydrogen) atoms. The van der Waals surface area contributed by atoms with E-state index in [1.165, 1.54) is 26.0 Å². The Morgan fingerprint density at radius 1 is 1.20 bits per heavy atom. The molecule has 0 aromatic rings. The minimum Gasteiger partial charge on any atom is -0.458 e. The van der Waals surface area contributed by atoms with Gasteiger partial charge in [-0.1, -0.05) is 13.0 Å². The lowest BCUT2D eigenvalue weighted by Gasteiger charge is -2.63. The number of halogens is 2. The first-order valence-electron chi connectivity index (χ1n) is 12.1. The Kier molecular flexibility index (Phi) is 5.15. The Morgan fingerprint density at radius 3 is 2.54 bits per heavy atom. The van der Waals surface area contributed by atoms with Gasteiger partial charge in [0.25, 0.3) is 0 Å². The summed E-state index contributed by atoms with van der Waals surface area (Å²) in [5.41, 5.74) is -6.46. The van der Waals surface area contributed by atoms with Crippen molar-refractivity contribution in [1.29, 1.82) is 0 Å². The van der Waals surface area contributed by atoms with Crippen LogP contribution in [0.1, 0.15) is 53.9 Å². The van der Waals surface area contributed by atoms with E-state index < -0.39 is 82.2 Å². The smallest absolute Gasteiger partial charge is 0.303 e. The fourth-order valence-corrected chi connectivity index (χ4v) is 8.08. The van der Waals surface area contributed by atoms with Crippen LogP contribution in [0.25, 0.3) is 0 Å². The third-order valence-electron chi connectivity index (χ3n) is 9.44. The fourth-order valence-electron chi connectivity index (χ4n) is 8.08. The van der Waals surface area contributed by atoms with E-state index >= 15 is 8.78 Å². The highest BCUT2D eigenvalue weighted by Gasteiger charge is 2.80. The van der Waals surface area contributed by atoms with Crippen LogP contribution >= 0.6 is 0 Å². The summed E-state index contributed by atoms with van der Waals surface area (Å²) in [4.78, 5) is 37.1. The van der Waals surface area contributed by atoms with Gasteiger partial charge in [0.1, 0.15) is 6.17 Å². The topological polar surface area (TPSA) is 99.1 Å². The quantitative estimate of drug-likeness (QED) is 0.603. The minimum atomic E-state index is -2.27. The zero-order valence-corrected chi connectivity index (χ0v) is 20.6. The second kappa shape index (κ2) is 7.29. The molecule has 5 aliphatic rings. The van der Waals surface area contributed by atoms with E-state index in [4.69, 9.17) is 14.2 Å². The second-order valence-corrected chi connectivity index (χ2v) is 11.6. The van der Waals surface area contributed by atoms with E-state index in [1.54, 1.807) is 20.8 Å². The van der Waals surface area contributed by atoms with Gasteiger partial charge in [0, 0.05) is 23.7 Å². The normalized spacial score (nSPS) is 49.4. The molecule has 9 heteroatoms. The highest BCUT2D eigenvalue weighted by atomic mass is 19.1. The molecule has 0 radical (unpaired) electrons. The van der Waals surface area contributed by atoms with Gasteiger partial charge < -0.3 is 19.3 Å². The molecule has 0 aromatic carbocycles. The van der Waals surface area contributed by atoms with Gasteiger partial charge in [-0.3, -0.25) is 14.4 Å². The third-order valence-corrected chi connectivity index (χ3v) is 9.44. The molecule has 1 N–H and O–H groups in total. The van der Waals surface area contributed by atoms with E-state index in [-0.39, 0.29) is 24.8 Å². The van der Waals surface area contributed by atoms with Crippen LogP contribution in [0, 0.1) is 22.7 Å². The molecule has 1 aliphatic heterocycles. The lowest BCUT2D eigenvalue weighted by atomic mass is 9.44. The van der Waals surface area contributed by atoms with E-state index in [0.29, 0.717) is 0 Å². The molecule has 192 valence electrons. The van der Waals surface area contributed by atoms with Crippen molar-refractivity contribution < 1.29 is 42.5 Å². The van der Waals surface area contributed by atoms with Crippen LogP contribution in [0.2, 0.25) is 0 Å². The van der Waals surface area contributed by atoms with Gasteiger partial charge in [-0.05, 0) is 63.7 Å². The number of Topliss-reactive ketones (excluding diaryl/α,β-unsaturated/α-hetero) is 1. The highest BCUT2D eigenvalue weighted by Crippen LogP contribution is 2.72. The number of ketones is 2. The number of esters is 1. The van der Waals surface area contributed by atoms with Crippen molar-refractivity contribution in [3.8, 4) is 0 Å². The van der Waals surface area contributed by atoms with Crippen molar-refractivity contribution in [2.75, 3.05) is 6.61 Å². The number of hydrogen-bond donors (Lipinski definition) is 1. The van der Waals surface area contributed by atoms with Crippen LogP contribution < -0.4 is 0 Å². The number of aliphatic hydroxyl groups is 1. The Balaban J connectivity index is 1.62. The van der Waals surface area contributed by atoms with Gasteiger partial charge in [0.15, 0.2) is 29.4 Å². The molecule has 9 atom stereocenters. The predicted octanol–water partition coefficient (Wildman–Crippen LogP) is 2.94. The Morgan fingerprint density at radius 2 is 1.89 bits per heavy atom. The van der Waals surface area contributed by atoms with E-state index in [9.17, 15) is 19.5 Å². The monoisotopic (exact) mass is 494 g/mol. The molecule has 0 bridgehead atoms. The summed E-state index contributed by atoms with van der Waals surface area (Å²) >= 11 is 0. The van der Waals surface area contributed by atoms with Crippen LogP contribution in [0.15, 0.2) is 23.8 Å². The van der Waals surface area contributed by atoms with Crippen molar-refractivity contribution in [1.82, 2.24) is 0 Å². The van der Waals surface area contributed by atoms with Crippen molar-refractivity contribution >= 4 is 17.5 Å². The van der Waals surface area contributed by atoms with Crippen LogP contribution in [0.3, 0.4) is 0 Å². The summed E-state index contributed by atoms with van der Waals surface area (Å²) in [7, 11) is 0. The second-order valence-electron chi connectivity index (χ2n) is 11.6. The maximum Gasteiger partial charge on any atom is 0.303 e. The molecule has 0 spiro atoms. The Bertz CT molecular complexity index is 1070. The lowest BCUT2D eigenvalue weighted by Crippen LogP contribution is -2.71. The SMILES string of the molecule is CC(=O)OCC(=O)[C@@]12OC(C)(C)OC1C[C@H]1[C@@H]3C[C@H](F)C4=CC(=O)C=C[C@]4(C)[C@@]3(F)[C@@H](O)C[C@@]12C. The summed E-state index contributed by atoms with van der Waals surface area (Å²) in [5.74, 6) is -4.23. The number of carbonyl (C=O) groups excluding carboxylic acids is 3. The lowest BCUT2D eigenvalue weighted by molar-refractivity contribution is -0.249. The molecular formula is C26H32F2O7. The number of fused-ring (bicyclic) bond motifs is 7. The largest absolute Gasteiger partial charge is 0.458 e. The van der Waals surface area contributed by atoms with Gasteiger partial charge in [-0.2, -0.15) is 0 Å². The third kappa shape index (κ3) is 2.95. The molecular weight excluding hydrogens is 462 g/mol. The van der Waals surface area contributed by atoms with Crippen molar-refractivity contribution in [3.05, 3.63) is 23.8 Å². The molecule has 0 amide bonds. The Hall–Kier alpha value is -1.97. The van der Waals surface area contributed by atoms with Crippen LogP contribution in [-0.4, -0.2) is 64.7 Å². The zero-order valence-electron chi connectivity index (χ0n) is 20.6. The van der Waals surface area contributed by atoms with Gasteiger partial charge >= 0.3 is 5.97 Å². The van der Waals surface area contributed by atoms with Crippen LogP contribution in [0.5, 0.6) is 0 Å². The number of hydrogen-bond acceptors (Lipinski definition) is 7. The summed E-state index contributed by atoms with van der Waals surface area (Å²) in [5, 5.41) is 11.5. The first-order chi connectivity index (χ1) is 16.1. The number of alkyl halides is 2. The van der Waals surface area contributed by atoms with Gasteiger partial charge in [0.05, 0.1) is 12.2 Å². The van der Waals surface area contributed by atoms with Crippen LogP contribution in [0.4, 0.5) is 8.78 Å². The molecule has 4 fully saturated rings. The number of rotatable bonds is 3. The molecule has 1 heterocycles. The van der Waals surface area contributed by atoms with Gasteiger partial charge in [0.2, 0.25) is 5.78 Å². The first kappa shape index (κ1) is 24.7. The minimum absolute atomic E-state index is 0.0406. The molecule has 1 saturated heterocycles. The van der Waals surface area contributed by atoms with E-state index in [1.807, 2.05) is 0 Å². The van der Waals surface area contributed by atoms with Crippen LogP contribution in [-0.2, 0) is 28.6 Å². The summed E-state index contributed by atoms with van der Waals surface area (Å²) < 4.78 is 50.3. The molecule has 4 aliphatic carbocycles. The molecule has 0 aromatic heterocycles. The molecule has 3 saturated carbocycles. The number of carbonyl (C=O) groups is 3. The van der Waals surface area contributed by atoms with Crippen molar-refractivity contribution in [3.63, 3.8) is 0 Å². The maximum atomic E-state index is 17.3. The van der Waals surface area contributed by atoms with Crippen molar-refractivity contribution in [2.24, 2.45) is 22.7 Å². The maximum absolute atomic E-state index is 17.3. The zero-order chi connectivity index (χ0) is 25.8. The summed E-state index contributed by atoms with van der Waals surface area (Å²) in [6, 6.07) is 0. The van der Waals surface area contributed by atoms with Gasteiger partial charge in [-0.25, -0.2) is 8.78 Å². The molecule has 5 rings (SSSR count). The predicted molar refractivity (Wildman–Crippen MR) is 118 cm³/mol. The highest BCUT2D eigenvalue weighted by molar-refractivity contribution is 6.01. The average Bonchev–Trinajstić information content (AvgIpc) is 3.16. The summed E-state index contributed by atoms with van der Waals surface area (Å²) in [6.45, 7) is 7.28. The summed E-state index contributed by atoms with van der Waals surface area (Å²) in [6.07, 6.45) is -0.345.